The largest absolute Gasteiger partial charge is 0.326 e. The van der Waals surface area contributed by atoms with Crippen LogP contribution in [-0.4, -0.2) is 10.9 Å². The number of benzene rings is 2. The second-order valence-electron chi connectivity index (χ2n) is 6.06. The lowest BCUT2D eigenvalue weighted by atomic mass is 10.1. The smallest absolute Gasteiger partial charge is 0.229 e. The van der Waals surface area contributed by atoms with Crippen LogP contribution in [0.2, 0.25) is 0 Å². The molecule has 3 nitrogen and oxygen atoms in total. The fraction of sp³-hybridized carbons (Fsp3) is 0.200. The zero-order valence-corrected chi connectivity index (χ0v) is 15.2. The van der Waals surface area contributed by atoms with Crippen LogP contribution in [0.15, 0.2) is 42.5 Å². The number of carbonyl (C=O) groups is 1. The number of carbonyl (C=O) groups excluding carboxylic acids is 1. The van der Waals surface area contributed by atoms with Gasteiger partial charge >= 0.3 is 0 Å². The predicted molar refractivity (Wildman–Crippen MR) is 100 cm³/mol. The van der Waals surface area contributed by atoms with E-state index in [1.165, 1.54) is 23.0 Å². The molecule has 1 heterocycles. The Hall–Kier alpha value is -2.53. The molecule has 0 aliphatic carbocycles. The third-order valence-electron chi connectivity index (χ3n) is 3.91. The van der Waals surface area contributed by atoms with Crippen LogP contribution >= 0.6 is 11.3 Å². The fourth-order valence-corrected chi connectivity index (χ4v) is 3.50. The van der Waals surface area contributed by atoms with Gasteiger partial charge in [0.2, 0.25) is 5.91 Å². The summed E-state index contributed by atoms with van der Waals surface area (Å²) in [6.07, 6.45) is 0.213. The zero-order chi connectivity index (χ0) is 18.0. The number of thiazole rings is 1. The molecule has 1 N–H and O–H groups in total. The highest BCUT2D eigenvalue weighted by Gasteiger charge is 2.15. The molecule has 0 aliphatic heterocycles. The van der Waals surface area contributed by atoms with Crippen LogP contribution in [0.3, 0.4) is 0 Å². The molecule has 3 rings (SSSR count). The number of amides is 1. The summed E-state index contributed by atoms with van der Waals surface area (Å²) in [7, 11) is 0. The molecule has 0 saturated heterocycles. The Morgan fingerprint density at radius 3 is 2.52 bits per heavy atom. The van der Waals surface area contributed by atoms with Crippen LogP contribution in [0.1, 0.15) is 21.0 Å². The van der Waals surface area contributed by atoms with Crippen molar-refractivity contribution in [1.29, 1.82) is 0 Å². The van der Waals surface area contributed by atoms with Crippen molar-refractivity contribution in [1.82, 2.24) is 4.98 Å². The number of aromatic nitrogens is 1. The molecule has 0 aliphatic rings. The molecule has 128 valence electrons. The van der Waals surface area contributed by atoms with Crippen molar-refractivity contribution in [3.63, 3.8) is 0 Å². The molecule has 1 aromatic heterocycles. The van der Waals surface area contributed by atoms with Gasteiger partial charge in [0.05, 0.1) is 17.1 Å². The van der Waals surface area contributed by atoms with Crippen molar-refractivity contribution in [2.45, 2.75) is 27.2 Å². The van der Waals surface area contributed by atoms with Crippen LogP contribution in [0.25, 0.3) is 11.3 Å². The number of aryl methyl sites for hydroxylation is 3. The minimum atomic E-state index is -0.327. The van der Waals surface area contributed by atoms with Gasteiger partial charge in [0.25, 0.3) is 0 Å². The summed E-state index contributed by atoms with van der Waals surface area (Å²) in [4.78, 5) is 17.9. The van der Waals surface area contributed by atoms with Crippen molar-refractivity contribution in [2.24, 2.45) is 0 Å². The maximum absolute atomic E-state index is 13.6. The molecular weight excluding hydrogens is 335 g/mol. The van der Waals surface area contributed by atoms with E-state index in [1.54, 1.807) is 19.1 Å². The number of nitrogens with zero attached hydrogens (tertiary/aromatic N) is 1. The van der Waals surface area contributed by atoms with E-state index in [0.717, 1.165) is 21.1 Å². The van der Waals surface area contributed by atoms with E-state index in [0.29, 0.717) is 11.3 Å². The summed E-state index contributed by atoms with van der Waals surface area (Å²) >= 11 is 1.51. The summed E-state index contributed by atoms with van der Waals surface area (Å²) < 4.78 is 13.6. The minimum absolute atomic E-state index is 0.180. The van der Waals surface area contributed by atoms with Crippen LogP contribution in [-0.2, 0) is 11.2 Å². The summed E-state index contributed by atoms with van der Waals surface area (Å²) in [5.74, 6) is -0.507. The first-order valence-electron chi connectivity index (χ1n) is 8.02. The van der Waals surface area contributed by atoms with Gasteiger partial charge in [0, 0.05) is 16.1 Å². The third-order valence-corrected chi connectivity index (χ3v) is 4.88. The van der Waals surface area contributed by atoms with Gasteiger partial charge in [-0.1, -0.05) is 35.9 Å². The molecule has 25 heavy (non-hydrogen) atoms. The topological polar surface area (TPSA) is 42.0 Å². The SMILES string of the molecule is Cc1ccc(-c2nc(C)sc2CC(=O)Nc2ccc(C)c(F)c2)cc1. The van der Waals surface area contributed by atoms with E-state index in [-0.39, 0.29) is 18.1 Å². The normalized spacial score (nSPS) is 10.7. The molecule has 0 bridgehead atoms. The maximum Gasteiger partial charge on any atom is 0.229 e. The summed E-state index contributed by atoms with van der Waals surface area (Å²) in [5, 5.41) is 3.67. The van der Waals surface area contributed by atoms with E-state index in [1.807, 2.05) is 38.1 Å². The Labute approximate surface area is 150 Å². The molecule has 5 heteroatoms. The number of halogens is 1. The Morgan fingerprint density at radius 1 is 1.12 bits per heavy atom. The molecule has 0 saturated carbocycles. The predicted octanol–water partition coefficient (Wildman–Crippen LogP) is 5.06. The average Bonchev–Trinajstić information content (AvgIpc) is 2.92. The second-order valence-corrected chi connectivity index (χ2v) is 7.35. The maximum atomic E-state index is 13.6. The van der Waals surface area contributed by atoms with Crippen LogP contribution in [0.5, 0.6) is 0 Å². The van der Waals surface area contributed by atoms with E-state index >= 15 is 0 Å². The van der Waals surface area contributed by atoms with Crippen molar-refractivity contribution < 1.29 is 9.18 Å². The van der Waals surface area contributed by atoms with Gasteiger partial charge in [-0.25, -0.2) is 9.37 Å². The zero-order valence-electron chi connectivity index (χ0n) is 14.4. The van der Waals surface area contributed by atoms with Gasteiger partial charge in [-0.2, -0.15) is 0 Å². The number of nitrogens with one attached hydrogen (secondary N) is 1. The van der Waals surface area contributed by atoms with Crippen LogP contribution in [0.4, 0.5) is 10.1 Å². The molecule has 2 aromatic carbocycles. The summed E-state index contributed by atoms with van der Waals surface area (Å²) in [6, 6.07) is 12.8. The van der Waals surface area contributed by atoms with Gasteiger partial charge in [0.1, 0.15) is 5.82 Å². The first kappa shape index (κ1) is 17.3. The quantitative estimate of drug-likeness (QED) is 0.712. The van der Waals surface area contributed by atoms with Crippen molar-refractivity contribution >= 4 is 22.9 Å². The molecule has 3 aromatic rings. The van der Waals surface area contributed by atoms with Crippen molar-refractivity contribution in [3.05, 3.63) is 69.3 Å². The summed E-state index contributed by atoms with van der Waals surface area (Å²) in [6.45, 7) is 5.65. The molecular formula is C20H19FN2OS. The van der Waals surface area contributed by atoms with E-state index < -0.39 is 0 Å². The highest BCUT2D eigenvalue weighted by Crippen LogP contribution is 2.29. The molecule has 0 atom stereocenters. The van der Waals surface area contributed by atoms with Gasteiger partial charge in [-0.3, -0.25) is 4.79 Å². The molecule has 0 unspecified atom stereocenters. The highest BCUT2D eigenvalue weighted by molar-refractivity contribution is 7.12. The van der Waals surface area contributed by atoms with Crippen molar-refractivity contribution in [3.8, 4) is 11.3 Å². The van der Waals surface area contributed by atoms with Gasteiger partial charge in [0.15, 0.2) is 0 Å². The van der Waals surface area contributed by atoms with Crippen LogP contribution in [0, 0.1) is 26.6 Å². The Kier molecular flexibility index (Phi) is 4.95. The first-order chi connectivity index (χ1) is 11.9. The number of anilines is 1. The van der Waals surface area contributed by atoms with Crippen LogP contribution < -0.4 is 5.32 Å². The monoisotopic (exact) mass is 354 g/mol. The number of rotatable bonds is 4. The lowest BCUT2D eigenvalue weighted by molar-refractivity contribution is -0.115. The molecule has 1 amide bonds. The van der Waals surface area contributed by atoms with E-state index in [2.05, 4.69) is 10.3 Å². The third kappa shape index (κ3) is 4.12. The Morgan fingerprint density at radius 2 is 1.84 bits per heavy atom. The first-order valence-corrected chi connectivity index (χ1v) is 8.83. The van der Waals surface area contributed by atoms with E-state index in [9.17, 15) is 9.18 Å². The Bertz CT molecular complexity index is 916. The van der Waals surface area contributed by atoms with Gasteiger partial charge in [-0.15, -0.1) is 11.3 Å². The van der Waals surface area contributed by atoms with Crippen molar-refractivity contribution in [2.75, 3.05) is 5.32 Å². The lowest BCUT2D eigenvalue weighted by Gasteiger charge is -2.07. The lowest BCUT2D eigenvalue weighted by Crippen LogP contribution is -2.14. The molecule has 0 fully saturated rings. The number of hydrogen-bond acceptors (Lipinski definition) is 3. The standard InChI is InChI=1S/C20H19FN2OS/c1-12-4-7-15(8-5-12)20-18(25-14(3)22-20)11-19(24)23-16-9-6-13(2)17(21)10-16/h4-10H,11H2,1-3H3,(H,23,24). The molecule has 0 radical (unpaired) electrons. The fourth-order valence-electron chi connectivity index (χ4n) is 2.55. The van der Waals surface area contributed by atoms with E-state index in [4.69, 9.17) is 0 Å². The number of hydrogen-bond donors (Lipinski definition) is 1. The highest BCUT2D eigenvalue weighted by atomic mass is 32.1. The molecule has 0 spiro atoms. The Balaban J connectivity index is 1.79. The van der Waals surface area contributed by atoms with Gasteiger partial charge in [-0.05, 0) is 38.5 Å². The average molecular weight is 354 g/mol. The second kappa shape index (κ2) is 7.15. The van der Waals surface area contributed by atoms with Gasteiger partial charge < -0.3 is 5.32 Å². The minimum Gasteiger partial charge on any atom is -0.326 e. The summed E-state index contributed by atoms with van der Waals surface area (Å²) in [5.41, 5.74) is 4.03.